The van der Waals surface area contributed by atoms with Gasteiger partial charge in [0.1, 0.15) is 5.75 Å². The van der Waals surface area contributed by atoms with Gasteiger partial charge in [0, 0.05) is 11.8 Å². The molecule has 0 aliphatic carbocycles. The van der Waals surface area contributed by atoms with Crippen molar-refractivity contribution in [3.63, 3.8) is 0 Å². The van der Waals surface area contributed by atoms with Crippen molar-refractivity contribution in [2.45, 2.75) is 6.43 Å². The maximum Gasteiger partial charge on any atom is 0.263 e. The molecule has 0 fully saturated rings. The molecule has 4 aromatic rings. The molecule has 0 saturated heterocycles. The van der Waals surface area contributed by atoms with E-state index >= 15 is 0 Å². The van der Waals surface area contributed by atoms with Crippen molar-refractivity contribution in [3.05, 3.63) is 78.6 Å². The first-order valence-corrected chi connectivity index (χ1v) is 7.66. The molecule has 6 heteroatoms. The normalized spacial score (nSPS) is 11.2. The zero-order chi connectivity index (χ0) is 17.2. The van der Waals surface area contributed by atoms with Crippen LogP contribution in [0.3, 0.4) is 0 Å². The van der Waals surface area contributed by atoms with E-state index in [0.29, 0.717) is 11.6 Å². The predicted octanol–water partition coefficient (Wildman–Crippen LogP) is 5.13. The lowest BCUT2D eigenvalue weighted by Crippen LogP contribution is -1.97. The molecule has 0 spiro atoms. The number of aromatic nitrogens is 3. The minimum absolute atomic E-state index is 0.0464. The smallest absolute Gasteiger partial charge is 0.263 e. The van der Waals surface area contributed by atoms with Crippen LogP contribution >= 0.6 is 0 Å². The van der Waals surface area contributed by atoms with E-state index in [4.69, 9.17) is 4.74 Å². The van der Waals surface area contributed by atoms with Gasteiger partial charge in [-0.15, -0.1) is 0 Å². The van der Waals surface area contributed by atoms with Crippen molar-refractivity contribution < 1.29 is 13.5 Å². The summed E-state index contributed by atoms with van der Waals surface area (Å²) in [4.78, 5) is 4.29. The molecule has 0 amide bonds. The molecule has 124 valence electrons. The predicted molar refractivity (Wildman–Crippen MR) is 89.9 cm³/mol. The van der Waals surface area contributed by atoms with Gasteiger partial charge in [-0.2, -0.15) is 5.10 Å². The first kappa shape index (κ1) is 15.3. The number of fused-ring (bicyclic) bond motifs is 1. The molecule has 3 aromatic heterocycles. The zero-order valence-electron chi connectivity index (χ0n) is 13.0. The van der Waals surface area contributed by atoms with Crippen LogP contribution in [0.5, 0.6) is 11.6 Å². The third kappa shape index (κ3) is 2.94. The Morgan fingerprint density at radius 3 is 2.52 bits per heavy atom. The van der Waals surface area contributed by atoms with Crippen LogP contribution in [0.1, 0.15) is 12.0 Å². The van der Waals surface area contributed by atoms with Gasteiger partial charge in [-0.25, -0.2) is 18.3 Å². The van der Waals surface area contributed by atoms with Gasteiger partial charge in [-0.05, 0) is 54.6 Å². The first-order valence-electron chi connectivity index (χ1n) is 7.66. The molecule has 0 aliphatic rings. The molecule has 3 heterocycles. The van der Waals surface area contributed by atoms with Crippen LogP contribution in [-0.4, -0.2) is 14.6 Å². The summed E-state index contributed by atoms with van der Waals surface area (Å²) < 4.78 is 33.0. The van der Waals surface area contributed by atoms with E-state index in [9.17, 15) is 8.78 Å². The molecule has 0 radical (unpaired) electrons. The number of hydrogen-bond acceptors (Lipinski definition) is 3. The van der Waals surface area contributed by atoms with Gasteiger partial charge < -0.3 is 4.74 Å². The number of rotatable bonds is 4. The van der Waals surface area contributed by atoms with Gasteiger partial charge in [-0.1, -0.05) is 6.07 Å². The van der Waals surface area contributed by atoms with Gasteiger partial charge >= 0.3 is 0 Å². The lowest BCUT2D eigenvalue weighted by atomic mass is 10.1. The van der Waals surface area contributed by atoms with Crippen LogP contribution in [0.25, 0.3) is 16.8 Å². The second-order valence-electron chi connectivity index (χ2n) is 5.41. The molecule has 0 aliphatic heterocycles. The highest BCUT2D eigenvalue weighted by Gasteiger charge is 2.13. The lowest BCUT2D eigenvalue weighted by Gasteiger charge is -2.11. The Kier molecular flexibility index (Phi) is 3.85. The van der Waals surface area contributed by atoms with E-state index in [1.54, 1.807) is 16.9 Å². The van der Waals surface area contributed by atoms with Crippen molar-refractivity contribution in [1.82, 2.24) is 14.6 Å². The molecule has 4 rings (SSSR count). The van der Waals surface area contributed by atoms with E-state index in [1.807, 2.05) is 36.4 Å². The molecule has 0 saturated carbocycles. The Balaban J connectivity index is 1.73. The average Bonchev–Trinajstić information content (AvgIpc) is 3.11. The summed E-state index contributed by atoms with van der Waals surface area (Å²) in [6.45, 7) is 0. The quantitative estimate of drug-likeness (QED) is 0.518. The van der Waals surface area contributed by atoms with Crippen LogP contribution in [0.15, 0.2) is 73.1 Å². The molecule has 0 unspecified atom stereocenters. The summed E-state index contributed by atoms with van der Waals surface area (Å²) >= 11 is 0. The molecule has 25 heavy (non-hydrogen) atoms. The van der Waals surface area contributed by atoms with Crippen LogP contribution in [-0.2, 0) is 0 Å². The summed E-state index contributed by atoms with van der Waals surface area (Å²) in [7, 11) is 0. The fourth-order valence-corrected chi connectivity index (χ4v) is 2.61. The standard InChI is InChI=1S/C19H13F2N3O/c20-18(21)13-6-8-15(9-7-13)25-19-16(4-2-11-22-19)17-5-1-3-14-10-12-23-24(14)17/h1-12,18H. The summed E-state index contributed by atoms with van der Waals surface area (Å²) in [5.41, 5.74) is 2.49. The number of alkyl halides is 2. The van der Waals surface area contributed by atoms with E-state index in [2.05, 4.69) is 10.1 Å². The maximum atomic E-state index is 12.7. The summed E-state index contributed by atoms with van der Waals surface area (Å²) in [6, 6.07) is 17.1. The topological polar surface area (TPSA) is 39.4 Å². The van der Waals surface area contributed by atoms with E-state index in [-0.39, 0.29) is 5.56 Å². The van der Waals surface area contributed by atoms with Crippen molar-refractivity contribution >= 4 is 5.52 Å². The fraction of sp³-hybridized carbons (Fsp3) is 0.0526. The summed E-state index contributed by atoms with van der Waals surface area (Å²) in [5.74, 6) is 0.826. The Hall–Kier alpha value is -3.28. The highest BCUT2D eigenvalue weighted by Crippen LogP contribution is 2.32. The molecule has 0 bridgehead atoms. The summed E-state index contributed by atoms with van der Waals surface area (Å²) in [6.07, 6.45) is 0.839. The molecule has 4 nitrogen and oxygen atoms in total. The fourth-order valence-electron chi connectivity index (χ4n) is 2.61. The summed E-state index contributed by atoms with van der Waals surface area (Å²) in [5, 5.41) is 4.32. The Morgan fingerprint density at radius 1 is 0.880 bits per heavy atom. The number of hydrogen-bond donors (Lipinski definition) is 0. The SMILES string of the molecule is FC(F)c1ccc(Oc2ncccc2-c2cccc3ccnn23)cc1. The molecular weight excluding hydrogens is 324 g/mol. The van der Waals surface area contributed by atoms with Gasteiger partial charge in [-0.3, -0.25) is 0 Å². The third-order valence-electron chi connectivity index (χ3n) is 3.81. The number of benzene rings is 1. The third-order valence-corrected chi connectivity index (χ3v) is 3.81. The number of ether oxygens (including phenoxy) is 1. The maximum absolute atomic E-state index is 12.7. The van der Waals surface area contributed by atoms with Crippen molar-refractivity contribution in [3.8, 4) is 22.9 Å². The van der Waals surface area contributed by atoms with Crippen molar-refractivity contribution in [2.24, 2.45) is 0 Å². The number of nitrogens with zero attached hydrogens (tertiary/aromatic N) is 3. The average molecular weight is 337 g/mol. The van der Waals surface area contributed by atoms with E-state index in [0.717, 1.165) is 16.8 Å². The number of pyridine rings is 2. The highest BCUT2D eigenvalue weighted by molar-refractivity contribution is 5.68. The second-order valence-corrected chi connectivity index (χ2v) is 5.41. The number of halogens is 2. The van der Waals surface area contributed by atoms with Crippen LogP contribution < -0.4 is 4.74 Å². The van der Waals surface area contributed by atoms with E-state index < -0.39 is 6.43 Å². The largest absolute Gasteiger partial charge is 0.438 e. The van der Waals surface area contributed by atoms with Crippen molar-refractivity contribution in [1.29, 1.82) is 0 Å². The zero-order valence-corrected chi connectivity index (χ0v) is 13.0. The molecule has 0 N–H and O–H groups in total. The monoisotopic (exact) mass is 337 g/mol. The van der Waals surface area contributed by atoms with Gasteiger partial charge in [0.05, 0.1) is 23.0 Å². The highest BCUT2D eigenvalue weighted by atomic mass is 19.3. The van der Waals surface area contributed by atoms with Gasteiger partial charge in [0.2, 0.25) is 5.88 Å². The van der Waals surface area contributed by atoms with Gasteiger partial charge in [0.15, 0.2) is 0 Å². The Morgan fingerprint density at radius 2 is 1.72 bits per heavy atom. The lowest BCUT2D eigenvalue weighted by molar-refractivity contribution is 0.151. The minimum Gasteiger partial charge on any atom is -0.438 e. The van der Waals surface area contributed by atoms with Crippen LogP contribution in [0.4, 0.5) is 8.78 Å². The van der Waals surface area contributed by atoms with Crippen molar-refractivity contribution in [2.75, 3.05) is 0 Å². The van der Waals surface area contributed by atoms with Gasteiger partial charge in [0.25, 0.3) is 6.43 Å². The van der Waals surface area contributed by atoms with E-state index in [1.165, 1.54) is 24.3 Å². The molecule has 1 aromatic carbocycles. The molecule has 0 atom stereocenters. The Bertz CT molecular complexity index is 1010. The minimum atomic E-state index is -2.50. The van der Waals surface area contributed by atoms with Crippen LogP contribution in [0.2, 0.25) is 0 Å². The first-order chi connectivity index (χ1) is 12.2. The molecular formula is C19H13F2N3O. The van der Waals surface area contributed by atoms with Crippen LogP contribution in [0, 0.1) is 0 Å². The second kappa shape index (κ2) is 6.32. The Labute approximate surface area is 142 Å².